The van der Waals surface area contributed by atoms with E-state index in [1.807, 2.05) is 6.92 Å². The zero-order valence-corrected chi connectivity index (χ0v) is 10.0. The molecule has 6 nitrogen and oxygen atoms in total. The lowest BCUT2D eigenvalue weighted by Crippen LogP contribution is -2.49. The van der Waals surface area contributed by atoms with Gasteiger partial charge in [-0.25, -0.2) is 0 Å². The third kappa shape index (κ3) is 4.84. The summed E-state index contributed by atoms with van der Waals surface area (Å²) in [6.07, 6.45) is 2.38. The van der Waals surface area contributed by atoms with E-state index in [0.717, 1.165) is 6.42 Å². The number of rotatable bonds is 1. The molecule has 1 heterocycles. The van der Waals surface area contributed by atoms with Gasteiger partial charge in [-0.05, 0) is 19.3 Å². The van der Waals surface area contributed by atoms with E-state index in [1.54, 1.807) is 0 Å². The van der Waals surface area contributed by atoms with E-state index in [0.29, 0.717) is 25.8 Å². The summed E-state index contributed by atoms with van der Waals surface area (Å²) < 4.78 is 0. The third-order valence-electron chi connectivity index (χ3n) is 2.64. The summed E-state index contributed by atoms with van der Waals surface area (Å²) in [5.41, 5.74) is 0. The molecule has 3 amide bonds. The molecular formula is C11H19N3O3. The van der Waals surface area contributed by atoms with Gasteiger partial charge in [-0.1, -0.05) is 6.92 Å². The predicted octanol–water partition coefficient (Wildman–Crippen LogP) is -0.702. The maximum absolute atomic E-state index is 11.6. The normalized spacial score (nSPS) is 23.8. The second-order valence-electron chi connectivity index (χ2n) is 4.05. The van der Waals surface area contributed by atoms with E-state index < -0.39 is 6.04 Å². The largest absolute Gasteiger partial charge is 0.355 e. The van der Waals surface area contributed by atoms with Crippen LogP contribution in [0.3, 0.4) is 0 Å². The SMILES string of the molecule is CCC1NC(=O)CCCCNC(=O)CNC1=O. The Morgan fingerprint density at radius 3 is 2.59 bits per heavy atom. The first kappa shape index (κ1) is 13.5. The Morgan fingerprint density at radius 2 is 1.88 bits per heavy atom. The van der Waals surface area contributed by atoms with Crippen molar-refractivity contribution in [2.24, 2.45) is 0 Å². The van der Waals surface area contributed by atoms with Gasteiger partial charge in [0, 0.05) is 13.0 Å². The topological polar surface area (TPSA) is 87.3 Å². The number of carbonyl (C=O) groups excluding carboxylic acids is 3. The van der Waals surface area contributed by atoms with Gasteiger partial charge in [0.25, 0.3) is 0 Å². The number of hydrogen-bond donors (Lipinski definition) is 3. The van der Waals surface area contributed by atoms with Crippen LogP contribution >= 0.6 is 0 Å². The highest BCUT2D eigenvalue weighted by molar-refractivity contribution is 5.90. The van der Waals surface area contributed by atoms with Gasteiger partial charge in [-0.3, -0.25) is 14.4 Å². The number of nitrogens with one attached hydrogen (secondary N) is 3. The Labute approximate surface area is 101 Å². The molecule has 0 aromatic carbocycles. The Morgan fingerprint density at radius 1 is 1.12 bits per heavy atom. The van der Waals surface area contributed by atoms with Crippen molar-refractivity contribution in [2.75, 3.05) is 13.1 Å². The van der Waals surface area contributed by atoms with Gasteiger partial charge in [0.05, 0.1) is 6.54 Å². The van der Waals surface area contributed by atoms with E-state index in [4.69, 9.17) is 0 Å². The van der Waals surface area contributed by atoms with Crippen LogP contribution < -0.4 is 16.0 Å². The van der Waals surface area contributed by atoms with Gasteiger partial charge < -0.3 is 16.0 Å². The molecule has 17 heavy (non-hydrogen) atoms. The van der Waals surface area contributed by atoms with Crippen molar-refractivity contribution in [1.82, 2.24) is 16.0 Å². The maximum Gasteiger partial charge on any atom is 0.243 e. The Balaban J connectivity index is 2.59. The van der Waals surface area contributed by atoms with Crippen molar-refractivity contribution in [3.05, 3.63) is 0 Å². The van der Waals surface area contributed by atoms with E-state index in [2.05, 4.69) is 16.0 Å². The van der Waals surface area contributed by atoms with Crippen LogP contribution in [0.4, 0.5) is 0 Å². The van der Waals surface area contributed by atoms with Crippen LogP contribution in [0, 0.1) is 0 Å². The first-order valence-electron chi connectivity index (χ1n) is 5.97. The highest BCUT2D eigenvalue weighted by atomic mass is 16.2. The summed E-state index contributed by atoms with van der Waals surface area (Å²) in [5, 5.41) is 7.86. The molecular weight excluding hydrogens is 222 g/mol. The number of amides is 3. The van der Waals surface area contributed by atoms with Crippen molar-refractivity contribution in [3.63, 3.8) is 0 Å². The molecule has 1 aliphatic rings. The van der Waals surface area contributed by atoms with Crippen LogP contribution in [0.2, 0.25) is 0 Å². The zero-order chi connectivity index (χ0) is 12.7. The van der Waals surface area contributed by atoms with Gasteiger partial charge in [0.2, 0.25) is 17.7 Å². The fourth-order valence-corrected chi connectivity index (χ4v) is 1.61. The molecule has 6 heteroatoms. The Kier molecular flexibility index (Phi) is 5.45. The third-order valence-corrected chi connectivity index (χ3v) is 2.64. The van der Waals surface area contributed by atoms with Gasteiger partial charge >= 0.3 is 0 Å². The quantitative estimate of drug-likeness (QED) is 0.567. The molecule has 0 aliphatic carbocycles. The lowest BCUT2D eigenvalue weighted by Gasteiger charge is -2.17. The highest BCUT2D eigenvalue weighted by Crippen LogP contribution is 1.98. The lowest BCUT2D eigenvalue weighted by atomic mass is 10.1. The summed E-state index contributed by atoms with van der Waals surface area (Å²) in [6.45, 7) is 2.32. The summed E-state index contributed by atoms with van der Waals surface area (Å²) in [6, 6.07) is -0.547. The lowest BCUT2D eigenvalue weighted by molar-refractivity contribution is -0.130. The molecule has 0 saturated carbocycles. The molecule has 0 radical (unpaired) electrons. The smallest absolute Gasteiger partial charge is 0.243 e. The summed E-state index contributed by atoms with van der Waals surface area (Å²) in [5.74, 6) is -0.615. The van der Waals surface area contributed by atoms with Gasteiger partial charge in [0.15, 0.2) is 0 Å². The van der Waals surface area contributed by atoms with E-state index in [9.17, 15) is 14.4 Å². The minimum atomic E-state index is -0.547. The summed E-state index contributed by atoms with van der Waals surface area (Å²) >= 11 is 0. The van der Waals surface area contributed by atoms with Crippen molar-refractivity contribution in [3.8, 4) is 0 Å². The molecule has 96 valence electrons. The Bertz CT molecular complexity index is 304. The van der Waals surface area contributed by atoms with Crippen molar-refractivity contribution in [1.29, 1.82) is 0 Å². The van der Waals surface area contributed by atoms with Crippen molar-refractivity contribution in [2.45, 2.75) is 38.6 Å². The second kappa shape index (κ2) is 6.88. The van der Waals surface area contributed by atoms with Crippen LogP contribution in [0.15, 0.2) is 0 Å². The van der Waals surface area contributed by atoms with Crippen LogP contribution in [-0.4, -0.2) is 36.9 Å². The predicted molar refractivity (Wildman–Crippen MR) is 62.1 cm³/mol. The molecule has 0 aromatic rings. The molecule has 1 saturated heterocycles. The highest BCUT2D eigenvalue weighted by Gasteiger charge is 2.19. The van der Waals surface area contributed by atoms with Crippen LogP contribution in [-0.2, 0) is 14.4 Å². The molecule has 0 bridgehead atoms. The molecule has 3 N–H and O–H groups in total. The molecule has 1 unspecified atom stereocenters. The monoisotopic (exact) mass is 241 g/mol. The van der Waals surface area contributed by atoms with E-state index in [-0.39, 0.29) is 24.3 Å². The average molecular weight is 241 g/mol. The fraction of sp³-hybridized carbons (Fsp3) is 0.727. The molecule has 0 aromatic heterocycles. The fourth-order valence-electron chi connectivity index (χ4n) is 1.61. The van der Waals surface area contributed by atoms with E-state index >= 15 is 0 Å². The number of carbonyl (C=O) groups is 3. The zero-order valence-electron chi connectivity index (χ0n) is 10.0. The van der Waals surface area contributed by atoms with Gasteiger partial charge in [-0.15, -0.1) is 0 Å². The maximum atomic E-state index is 11.6. The molecule has 1 fully saturated rings. The molecule has 0 spiro atoms. The standard InChI is InChI=1S/C11H19N3O3/c1-2-8-11(17)13-7-10(16)12-6-4-3-5-9(15)14-8/h8H,2-7H2,1H3,(H,12,16)(H,13,17)(H,14,15). The van der Waals surface area contributed by atoms with Gasteiger partial charge in [0.1, 0.15) is 6.04 Å². The first-order valence-corrected chi connectivity index (χ1v) is 5.97. The minimum absolute atomic E-state index is 0.0365. The second-order valence-corrected chi connectivity index (χ2v) is 4.05. The minimum Gasteiger partial charge on any atom is -0.355 e. The first-order chi connectivity index (χ1) is 8.13. The molecule has 1 aliphatic heterocycles. The molecule has 1 rings (SSSR count). The summed E-state index contributed by atoms with van der Waals surface area (Å²) in [4.78, 5) is 34.4. The van der Waals surface area contributed by atoms with E-state index in [1.165, 1.54) is 0 Å². The van der Waals surface area contributed by atoms with Crippen molar-refractivity contribution >= 4 is 17.7 Å². The van der Waals surface area contributed by atoms with Crippen LogP contribution in [0.25, 0.3) is 0 Å². The van der Waals surface area contributed by atoms with Crippen LogP contribution in [0.5, 0.6) is 0 Å². The van der Waals surface area contributed by atoms with Gasteiger partial charge in [-0.2, -0.15) is 0 Å². The van der Waals surface area contributed by atoms with Crippen molar-refractivity contribution < 1.29 is 14.4 Å². The Hall–Kier alpha value is -1.59. The molecule has 1 atom stereocenters. The summed E-state index contributed by atoms with van der Waals surface area (Å²) in [7, 11) is 0. The van der Waals surface area contributed by atoms with Crippen LogP contribution in [0.1, 0.15) is 32.6 Å². The average Bonchev–Trinajstić information content (AvgIpc) is 2.31. The number of hydrogen-bond acceptors (Lipinski definition) is 3.